The number of aromatic nitrogens is 2. The molecule has 1 saturated carbocycles. The van der Waals surface area contributed by atoms with Crippen molar-refractivity contribution in [3.63, 3.8) is 0 Å². The van der Waals surface area contributed by atoms with Crippen molar-refractivity contribution in [1.29, 1.82) is 0 Å². The Morgan fingerprint density at radius 1 is 1.23 bits per heavy atom. The Morgan fingerprint density at radius 2 is 1.97 bits per heavy atom. The number of sulfonamides is 1. The summed E-state index contributed by atoms with van der Waals surface area (Å²) in [7, 11) is -3.79. The first-order chi connectivity index (χ1) is 14.8. The molecule has 7 nitrogen and oxygen atoms in total. The van der Waals surface area contributed by atoms with Gasteiger partial charge in [0.05, 0.1) is 21.7 Å². The molecule has 0 radical (unpaired) electrons. The monoisotopic (exact) mass is 458 g/mol. The predicted molar refractivity (Wildman–Crippen MR) is 122 cm³/mol. The van der Waals surface area contributed by atoms with Crippen LogP contribution in [-0.2, 0) is 26.8 Å². The normalized spacial score (nSPS) is 15.2. The summed E-state index contributed by atoms with van der Waals surface area (Å²) in [6, 6.07) is 15.0. The number of nitrogens with zero attached hydrogens (tertiary/aromatic N) is 2. The fourth-order valence-electron chi connectivity index (χ4n) is 3.77. The maximum Gasteiger partial charge on any atom is 0.238 e. The average Bonchev–Trinajstić information content (AvgIpc) is 3.47. The number of hydrogen-bond donors (Lipinski definition) is 2. The molecule has 1 aliphatic rings. The standard InChI is InChI=1S/C22H26N4O3S2/c1-2-12-26-19-9-8-17(31(23,28)29)13-18(19)25-21(26)30-14-20(27)24-15-22(10-11-22)16-6-4-3-5-7-16/h3-9,13H,2,10-12,14-15H2,1H3,(H,24,27)(H2,23,28,29). The van der Waals surface area contributed by atoms with Crippen LogP contribution in [0.1, 0.15) is 31.7 Å². The van der Waals surface area contributed by atoms with Crippen LogP contribution in [0.15, 0.2) is 58.6 Å². The smallest absolute Gasteiger partial charge is 0.238 e. The lowest BCUT2D eigenvalue weighted by Crippen LogP contribution is -2.33. The Balaban J connectivity index is 1.44. The fourth-order valence-corrected chi connectivity index (χ4v) is 5.18. The molecule has 0 atom stereocenters. The molecule has 9 heteroatoms. The van der Waals surface area contributed by atoms with Crippen molar-refractivity contribution in [2.75, 3.05) is 12.3 Å². The van der Waals surface area contributed by atoms with Gasteiger partial charge < -0.3 is 9.88 Å². The highest BCUT2D eigenvalue weighted by atomic mass is 32.2. The van der Waals surface area contributed by atoms with Gasteiger partial charge in [0.15, 0.2) is 5.16 Å². The zero-order valence-electron chi connectivity index (χ0n) is 17.4. The Morgan fingerprint density at radius 3 is 2.61 bits per heavy atom. The van der Waals surface area contributed by atoms with Crippen molar-refractivity contribution < 1.29 is 13.2 Å². The van der Waals surface area contributed by atoms with E-state index in [4.69, 9.17) is 5.14 Å². The molecule has 0 unspecified atom stereocenters. The minimum Gasteiger partial charge on any atom is -0.354 e. The SMILES string of the molecule is CCCn1c(SCC(=O)NCC2(c3ccccc3)CC2)nc2cc(S(N)(=O)=O)ccc21. The van der Waals surface area contributed by atoms with E-state index >= 15 is 0 Å². The van der Waals surface area contributed by atoms with Crippen LogP contribution < -0.4 is 10.5 Å². The molecule has 4 rings (SSSR count). The summed E-state index contributed by atoms with van der Waals surface area (Å²) in [5.41, 5.74) is 2.74. The summed E-state index contributed by atoms with van der Waals surface area (Å²) in [6.07, 6.45) is 3.06. The van der Waals surface area contributed by atoms with Gasteiger partial charge in [0.25, 0.3) is 0 Å². The summed E-state index contributed by atoms with van der Waals surface area (Å²) in [5.74, 6) is 0.215. The second kappa shape index (κ2) is 8.64. The summed E-state index contributed by atoms with van der Waals surface area (Å²) in [5, 5.41) is 9.02. The van der Waals surface area contributed by atoms with Gasteiger partial charge in [0.1, 0.15) is 0 Å². The molecule has 31 heavy (non-hydrogen) atoms. The number of benzene rings is 2. The van der Waals surface area contributed by atoms with E-state index in [0.717, 1.165) is 31.3 Å². The van der Waals surface area contributed by atoms with Crippen LogP contribution in [0.5, 0.6) is 0 Å². The third kappa shape index (κ3) is 4.78. The first-order valence-corrected chi connectivity index (χ1v) is 12.8. The number of carbonyl (C=O) groups is 1. The molecule has 0 saturated heterocycles. The van der Waals surface area contributed by atoms with Gasteiger partial charge in [0, 0.05) is 18.5 Å². The maximum atomic E-state index is 12.5. The molecular weight excluding hydrogens is 432 g/mol. The minimum absolute atomic E-state index is 0.0334. The number of thioether (sulfide) groups is 1. The number of aryl methyl sites for hydroxylation is 1. The zero-order chi connectivity index (χ0) is 22.1. The molecule has 1 aliphatic carbocycles. The highest BCUT2D eigenvalue weighted by Crippen LogP contribution is 2.47. The fraction of sp³-hybridized carbons (Fsp3) is 0.364. The average molecular weight is 459 g/mol. The van der Waals surface area contributed by atoms with Crippen molar-refractivity contribution in [2.45, 2.75) is 48.2 Å². The third-order valence-electron chi connectivity index (χ3n) is 5.66. The molecule has 1 amide bonds. The van der Waals surface area contributed by atoms with Crippen molar-refractivity contribution >= 4 is 38.7 Å². The van der Waals surface area contributed by atoms with Gasteiger partial charge >= 0.3 is 0 Å². The van der Waals surface area contributed by atoms with Crippen molar-refractivity contribution in [3.05, 3.63) is 54.1 Å². The Bertz CT molecular complexity index is 1200. The second-order valence-electron chi connectivity index (χ2n) is 7.95. The van der Waals surface area contributed by atoms with Gasteiger partial charge in [-0.15, -0.1) is 0 Å². The number of imidazole rings is 1. The lowest BCUT2D eigenvalue weighted by atomic mass is 9.96. The number of nitrogens with two attached hydrogens (primary N) is 1. The summed E-state index contributed by atoms with van der Waals surface area (Å²) in [6.45, 7) is 3.43. The lowest BCUT2D eigenvalue weighted by molar-refractivity contribution is -0.118. The van der Waals surface area contributed by atoms with Crippen LogP contribution in [-0.4, -0.2) is 36.2 Å². The Labute approximate surface area is 186 Å². The van der Waals surface area contributed by atoms with Crippen molar-refractivity contribution in [2.24, 2.45) is 5.14 Å². The third-order valence-corrected chi connectivity index (χ3v) is 7.54. The van der Waals surface area contributed by atoms with Gasteiger partial charge in [0.2, 0.25) is 15.9 Å². The lowest BCUT2D eigenvalue weighted by Gasteiger charge is -2.16. The van der Waals surface area contributed by atoms with Gasteiger partial charge in [-0.05, 0) is 43.0 Å². The molecule has 1 heterocycles. The molecule has 164 valence electrons. The van der Waals surface area contributed by atoms with Crippen LogP contribution in [0.2, 0.25) is 0 Å². The molecule has 0 bridgehead atoms. The molecule has 2 aromatic carbocycles. The number of fused-ring (bicyclic) bond motifs is 1. The van der Waals surface area contributed by atoms with E-state index in [2.05, 4.69) is 29.4 Å². The molecule has 3 N–H and O–H groups in total. The Hall–Kier alpha value is -2.36. The van der Waals surface area contributed by atoms with E-state index in [0.29, 0.717) is 17.2 Å². The molecule has 0 spiro atoms. The first kappa shape index (κ1) is 21.9. The minimum atomic E-state index is -3.79. The van der Waals surface area contributed by atoms with Gasteiger partial charge in [-0.1, -0.05) is 49.0 Å². The quantitative estimate of drug-likeness (QED) is 0.479. The Kier molecular flexibility index (Phi) is 6.09. The summed E-state index contributed by atoms with van der Waals surface area (Å²) >= 11 is 1.36. The van der Waals surface area contributed by atoms with E-state index < -0.39 is 10.0 Å². The van der Waals surface area contributed by atoms with E-state index in [1.807, 2.05) is 22.8 Å². The molecule has 1 aromatic heterocycles. The number of carbonyl (C=O) groups excluding carboxylic acids is 1. The zero-order valence-corrected chi connectivity index (χ0v) is 19.0. The van der Waals surface area contributed by atoms with Crippen molar-refractivity contribution in [3.8, 4) is 0 Å². The molecule has 0 aliphatic heterocycles. The van der Waals surface area contributed by atoms with E-state index in [1.54, 1.807) is 6.07 Å². The topological polar surface area (TPSA) is 107 Å². The number of primary sulfonamides is 1. The van der Waals surface area contributed by atoms with Gasteiger partial charge in [-0.3, -0.25) is 4.79 Å². The number of hydrogen-bond acceptors (Lipinski definition) is 5. The molecule has 3 aromatic rings. The predicted octanol–water partition coefficient (Wildman–Crippen LogP) is 3.03. The van der Waals surface area contributed by atoms with Gasteiger partial charge in [-0.2, -0.15) is 0 Å². The maximum absolute atomic E-state index is 12.5. The van der Waals surface area contributed by atoms with E-state index in [1.165, 1.54) is 29.5 Å². The highest BCUT2D eigenvalue weighted by Gasteiger charge is 2.44. The molecule has 1 fully saturated rings. The summed E-state index contributed by atoms with van der Waals surface area (Å²) in [4.78, 5) is 17.1. The number of nitrogens with one attached hydrogen (secondary N) is 1. The van der Waals surface area contributed by atoms with Crippen molar-refractivity contribution in [1.82, 2.24) is 14.9 Å². The number of amides is 1. The van der Waals surface area contributed by atoms with E-state index in [-0.39, 0.29) is 22.0 Å². The largest absolute Gasteiger partial charge is 0.354 e. The van der Waals surface area contributed by atoms with Crippen LogP contribution in [0.3, 0.4) is 0 Å². The summed E-state index contributed by atoms with van der Waals surface area (Å²) < 4.78 is 25.3. The van der Waals surface area contributed by atoms with E-state index in [9.17, 15) is 13.2 Å². The number of rotatable bonds is 9. The van der Waals surface area contributed by atoms with Gasteiger partial charge in [-0.25, -0.2) is 18.5 Å². The van der Waals surface area contributed by atoms with Crippen LogP contribution >= 0.6 is 11.8 Å². The first-order valence-electron chi connectivity index (χ1n) is 10.3. The van der Waals surface area contributed by atoms with Crippen LogP contribution in [0.25, 0.3) is 11.0 Å². The van der Waals surface area contributed by atoms with Crippen LogP contribution in [0, 0.1) is 0 Å². The van der Waals surface area contributed by atoms with Crippen LogP contribution in [0.4, 0.5) is 0 Å². The highest BCUT2D eigenvalue weighted by molar-refractivity contribution is 7.99. The second-order valence-corrected chi connectivity index (χ2v) is 10.5. The molecular formula is C22H26N4O3S2.